The molecule has 30 heavy (non-hydrogen) atoms. The molecule has 2 aliphatic rings. The fraction of sp³-hybridized carbons (Fsp3) is 0.409. The molecule has 2 fully saturated rings. The van der Waals surface area contributed by atoms with E-state index in [9.17, 15) is 9.90 Å². The van der Waals surface area contributed by atoms with Gasteiger partial charge in [0.2, 0.25) is 18.5 Å². The molecule has 0 radical (unpaired) electrons. The molecule has 2 aliphatic heterocycles. The smallest absolute Gasteiger partial charge is 0.223 e. The zero-order valence-corrected chi connectivity index (χ0v) is 16.6. The Hall–Kier alpha value is -2.65. The number of nitrogens with one attached hydrogen (secondary N) is 1. The Kier molecular flexibility index (Phi) is 6.19. The van der Waals surface area contributed by atoms with Crippen molar-refractivity contribution in [3.8, 4) is 5.75 Å². The Labute approximate surface area is 174 Å². The van der Waals surface area contributed by atoms with Crippen LogP contribution in [-0.4, -0.2) is 48.3 Å². The lowest BCUT2D eigenvalue weighted by atomic mass is 9.95. The van der Waals surface area contributed by atoms with Crippen LogP contribution in [0.15, 0.2) is 59.7 Å². The molecule has 1 amide bonds. The summed E-state index contributed by atoms with van der Waals surface area (Å²) in [5.74, 6) is 0.770. The second kappa shape index (κ2) is 9.01. The van der Waals surface area contributed by atoms with Gasteiger partial charge in [0.05, 0.1) is 12.9 Å². The van der Waals surface area contributed by atoms with E-state index in [2.05, 4.69) is 11.9 Å². The van der Waals surface area contributed by atoms with Crippen molar-refractivity contribution < 1.29 is 33.3 Å². The largest absolute Gasteiger partial charge is 0.464 e. The molecule has 6 unspecified atom stereocenters. The molecule has 0 bridgehead atoms. The van der Waals surface area contributed by atoms with Gasteiger partial charge >= 0.3 is 0 Å². The molecule has 1 aromatic carbocycles. The van der Waals surface area contributed by atoms with E-state index in [1.165, 1.54) is 13.2 Å². The fourth-order valence-electron chi connectivity index (χ4n) is 3.72. The second-order valence-corrected chi connectivity index (χ2v) is 7.26. The lowest BCUT2D eigenvalue weighted by molar-refractivity contribution is -0.336. The summed E-state index contributed by atoms with van der Waals surface area (Å²) in [5.41, 5.74) is 0.920. The first kappa shape index (κ1) is 20.6. The van der Waals surface area contributed by atoms with Crippen LogP contribution in [0, 0.1) is 0 Å². The third-order valence-corrected chi connectivity index (χ3v) is 5.09. The zero-order chi connectivity index (χ0) is 21.1. The topological polar surface area (TPSA) is 99.4 Å². The van der Waals surface area contributed by atoms with Crippen molar-refractivity contribution in [1.29, 1.82) is 0 Å². The number of fused-ring (bicyclic) bond motifs is 1. The van der Waals surface area contributed by atoms with Crippen molar-refractivity contribution in [1.82, 2.24) is 5.32 Å². The van der Waals surface area contributed by atoms with Gasteiger partial charge in [0, 0.05) is 6.92 Å². The highest BCUT2D eigenvalue weighted by atomic mass is 16.8. The molecule has 2 saturated heterocycles. The van der Waals surface area contributed by atoms with Gasteiger partial charge in [-0.05, 0) is 30.2 Å². The van der Waals surface area contributed by atoms with E-state index in [0.717, 1.165) is 5.56 Å². The minimum atomic E-state index is -1.08. The number of para-hydroxylation sites is 1. The van der Waals surface area contributed by atoms with Crippen molar-refractivity contribution in [3.05, 3.63) is 66.6 Å². The minimum absolute atomic E-state index is 0.175. The van der Waals surface area contributed by atoms with Crippen LogP contribution in [-0.2, 0) is 25.4 Å². The quantitative estimate of drug-likeness (QED) is 0.697. The number of amides is 1. The average Bonchev–Trinajstić information content (AvgIpc) is 3.27. The van der Waals surface area contributed by atoms with E-state index < -0.39 is 36.9 Å². The highest BCUT2D eigenvalue weighted by Gasteiger charge is 2.51. The van der Waals surface area contributed by atoms with Gasteiger partial charge in [-0.1, -0.05) is 24.3 Å². The van der Waals surface area contributed by atoms with E-state index in [0.29, 0.717) is 17.9 Å². The van der Waals surface area contributed by atoms with Crippen LogP contribution in [0.25, 0.3) is 0 Å². The third-order valence-electron chi connectivity index (χ3n) is 5.09. The number of aliphatic hydroxyl groups excluding tert-OH is 1. The molecular weight excluding hydrogens is 390 g/mol. The first-order valence-corrected chi connectivity index (χ1v) is 9.83. The molecule has 160 valence electrons. The molecular formula is C22H25NO7. The Morgan fingerprint density at radius 2 is 2.13 bits per heavy atom. The molecule has 6 atom stereocenters. The van der Waals surface area contributed by atoms with Gasteiger partial charge in [0.25, 0.3) is 0 Å². The van der Waals surface area contributed by atoms with Gasteiger partial charge in [0.15, 0.2) is 5.76 Å². The first-order chi connectivity index (χ1) is 14.6. The van der Waals surface area contributed by atoms with Gasteiger partial charge in [0.1, 0.15) is 30.1 Å². The summed E-state index contributed by atoms with van der Waals surface area (Å²) in [6.07, 6.45) is -0.164. The highest BCUT2D eigenvalue weighted by molar-refractivity contribution is 5.73. The number of ether oxygens (including phenoxy) is 4. The lowest BCUT2D eigenvalue weighted by Gasteiger charge is -2.47. The van der Waals surface area contributed by atoms with E-state index in [1.54, 1.807) is 18.2 Å². The molecule has 3 heterocycles. The Morgan fingerprint density at radius 3 is 2.87 bits per heavy atom. The van der Waals surface area contributed by atoms with E-state index in [4.69, 9.17) is 23.4 Å². The number of hydrogen-bond acceptors (Lipinski definition) is 7. The molecule has 0 spiro atoms. The second-order valence-electron chi connectivity index (χ2n) is 7.26. The summed E-state index contributed by atoms with van der Waals surface area (Å²) in [4.78, 5) is 11.8. The van der Waals surface area contributed by atoms with Crippen LogP contribution in [0.3, 0.4) is 0 Å². The standard InChI is InChI=1S/C22H25NO7/c1-3-7-14-8-4-5-9-15(14)28-22-18(23-13(2)24)19(25)20-17(29-22)12-27-21(30-20)16-10-6-11-26-16/h3-6,8-11,17-22,25H,1,7,12H2,2H3,(H,23,24). The number of rotatable bonds is 6. The number of furan rings is 1. The molecule has 2 N–H and O–H groups in total. The molecule has 2 aromatic rings. The van der Waals surface area contributed by atoms with Crippen LogP contribution in [0.2, 0.25) is 0 Å². The maximum absolute atomic E-state index is 11.8. The molecule has 8 nitrogen and oxygen atoms in total. The van der Waals surface area contributed by atoms with Crippen molar-refractivity contribution in [2.45, 2.75) is 50.3 Å². The SMILES string of the molecule is C=CCc1ccccc1OC1OC2COC(c3ccco3)OC2C(O)C1NC(C)=O. The monoisotopic (exact) mass is 415 g/mol. The van der Waals surface area contributed by atoms with E-state index in [1.807, 2.05) is 24.3 Å². The van der Waals surface area contributed by atoms with Gasteiger partial charge in [-0.15, -0.1) is 6.58 Å². The maximum Gasteiger partial charge on any atom is 0.223 e. The van der Waals surface area contributed by atoms with Gasteiger partial charge in [-0.2, -0.15) is 0 Å². The maximum atomic E-state index is 11.8. The molecule has 8 heteroatoms. The van der Waals surface area contributed by atoms with Crippen molar-refractivity contribution in [3.63, 3.8) is 0 Å². The van der Waals surface area contributed by atoms with Gasteiger partial charge < -0.3 is 33.8 Å². The van der Waals surface area contributed by atoms with Crippen LogP contribution in [0.4, 0.5) is 0 Å². The number of benzene rings is 1. The van der Waals surface area contributed by atoms with Gasteiger partial charge in [-0.3, -0.25) is 4.79 Å². The Balaban J connectivity index is 1.55. The number of carbonyl (C=O) groups excluding carboxylic acids is 1. The molecule has 0 saturated carbocycles. The van der Waals surface area contributed by atoms with Crippen molar-refractivity contribution in [2.75, 3.05) is 6.61 Å². The number of aliphatic hydroxyl groups is 1. The van der Waals surface area contributed by atoms with Crippen LogP contribution < -0.4 is 10.1 Å². The molecule has 1 aromatic heterocycles. The average molecular weight is 415 g/mol. The van der Waals surface area contributed by atoms with E-state index in [-0.39, 0.29) is 12.5 Å². The lowest BCUT2D eigenvalue weighted by Crippen LogP contribution is -2.67. The van der Waals surface area contributed by atoms with Crippen LogP contribution in [0.1, 0.15) is 24.5 Å². The molecule has 0 aliphatic carbocycles. The molecule has 4 rings (SSSR count). The summed E-state index contributed by atoms with van der Waals surface area (Å²) < 4.78 is 29.1. The number of carbonyl (C=O) groups is 1. The fourth-order valence-corrected chi connectivity index (χ4v) is 3.72. The number of hydrogen-bond donors (Lipinski definition) is 2. The summed E-state index contributed by atoms with van der Waals surface area (Å²) >= 11 is 0. The predicted octanol–water partition coefficient (Wildman–Crippen LogP) is 2.09. The van der Waals surface area contributed by atoms with Crippen LogP contribution in [0.5, 0.6) is 5.75 Å². The zero-order valence-electron chi connectivity index (χ0n) is 16.6. The van der Waals surface area contributed by atoms with Crippen LogP contribution >= 0.6 is 0 Å². The third kappa shape index (κ3) is 4.27. The van der Waals surface area contributed by atoms with Crippen molar-refractivity contribution in [2.24, 2.45) is 0 Å². The van der Waals surface area contributed by atoms with Crippen molar-refractivity contribution >= 4 is 5.91 Å². The summed E-state index contributed by atoms with van der Waals surface area (Å²) in [6.45, 7) is 5.32. The normalized spacial score (nSPS) is 30.9. The summed E-state index contributed by atoms with van der Waals surface area (Å²) in [5, 5.41) is 13.8. The van der Waals surface area contributed by atoms with E-state index >= 15 is 0 Å². The summed E-state index contributed by atoms with van der Waals surface area (Å²) in [6, 6.07) is 10.1. The summed E-state index contributed by atoms with van der Waals surface area (Å²) in [7, 11) is 0. The highest BCUT2D eigenvalue weighted by Crippen LogP contribution is 2.35. The number of allylic oxidation sites excluding steroid dienone is 1. The predicted molar refractivity (Wildman–Crippen MR) is 106 cm³/mol. The van der Waals surface area contributed by atoms with Gasteiger partial charge in [-0.25, -0.2) is 0 Å². The Morgan fingerprint density at radius 1 is 1.30 bits per heavy atom. The Bertz CT molecular complexity index is 868. The minimum Gasteiger partial charge on any atom is -0.464 e. The first-order valence-electron chi connectivity index (χ1n) is 9.83.